The van der Waals surface area contributed by atoms with E-state index in [0.29, 0.717) is 5.89 Å². The normalized spacial score (nSPS) is 15.4. The quantitative estimate of drug-likeness (QED) is 0.825. The fourth-order valence-corrected chi connectivity index (χ4v) is 2.96. The van der Waals surface area contributed by atoms with Crippen molar-refractivity contribution in [2.75, 3.05) is 0 Å². The number of hydrogen-bond acceptors (Lipinski definition) is 4. The van der Waals surface area contributed by atoms with Crippen LogP contribution < -0.4 is 10.6 Å². The zero-order valence-electron chi connectivity index (χ0n) is 15.7. The molecule has 2 rings (SSSR count). The van der Waals surface area contributed by atoms with E-state index in [0.717, 1.165) is 12.8 Å². The molecule has 25 heavy (non-hydrogen) atoms. The van der Waals surface area contributed by atoms with E-state index >= 15 is 0 Å². The number of amides is 3. The van der Waals surface area contributed by atoms with Crippen molar-refractivity contribution in [3.63, 3.8) is 0 Å². The van der Waals surface area contributed by atoms with Crippen molar-refractivity contribution in [2.45, 2.75) is 84.5 Å². The lowest BCUT2D eigenvalue weighted by Crippen LogP contribution is -2.47. The maximum Gasteiger partial charge on any atom is 0.318 e. The van der Waals surface area contributed by atoms with Gasteiger partial charge in [0.15, 0.2) is 5.69 Å². The second kappa shape index (κ2) is 8.87. The molecule has 0 atom stereocenters. The van der Waals surface area contributed by atoms with E-state index in [2.05, 4.69) is 15.6 Å². The van der Waals surface area contributed by atoms with Gasteiger partial charge in [0.05, 0.1) is 6.54 Å². The molecular formula is C18H30N4O3. The molecule has 0 unspecified atom stereocenters. The third-order valence-electron chi connectivity index (χ3n) is 4.33. The number of urea groups is 1. The zero-order chi connectivity index (χ0) is 18.4. The molecule has 1 aromatic rings. The molecule has 0 saturated heterocycles. The van der Waals surface area contributed by atoms with Crippen LogP contribution in [0.5, 0.6) is 0 Å². The summed E-state index contributed by atoms with van der Waals surface area (Å²) in [6, 6.07) is 0.178. The highest BCUT2D eigenvalue weighted by atomic mass is 16.3. The third-order valence-corrected chi connectivity index (χ3v) is 4.33. The lowest BCUT2D eigenvalue weighted by atomic mass is 9.96. The molecule has 0 aliphatic heterocycles. The Labute approximate surface area is 149 Å². The number of aromatic nitrogens is 1. The molecular weight excluding hydrogens is 320 g/mol. The van der Waals surface area contributed by atoms with Gasteiger partial charge in [0.1, 0.15) is 6.26 Å². The Morgan fingerprint density at radius 3 is 2.52 bits per heavy atom. The molecule has 1 saturated carbocycles. The zero-order valence-corrected chi connectivity index (χ0v) is 15.7. The molecule has 0 radical (unpaired) electrons. The van der Waals surface area contributed by atoms with Gasteiger partial charge in [0.2, 0.25) is 5.89 Å². The number of carbonyl (C=O) groups is 2. The minimum atomic E-state index is -0.271. The summed E-state index contributed by atoms with van der Waals surface area (Å²) >= 11 is 0. The van der Waals surface area contributed by atoms with Crippen LogP contribution in [0.15, 0.2) is 10.7 Å². The predicted molar refractivity (Wildman–Crippen MR) is 95.2 cm³/mol. The van der Waals surface area contributed by atoms with E-state index in [4.69, 9.17) is 4.42 Å². The second-order valence-corrected chi connectivity index (χ2v) is 7.26. The van der Waals surface area contributed by atoms with Crippen LogP contribution in [0.1, 0.15) is 76.2 Å². The van der Waals surface area contributed by atoms with E-state index in [-0.39, 0.29) is 42.3 Å². The van der Waals surface area contributed by atoms with E-state index in [1.165, 1.54) is 25.5 Å². The fraction of sp³-hybridized carbons (Fsp3) is 0.722. The maximum absolute atomic E-state index is 12.6. The fourth-order valence-electron chi connectivity index (χ4n) is 2.96. The van der Waals surface area contributed by atoms with Gasteiger partial charge in [-0.15, -0.1) is 0 Å². The molecule has 1 aliphatic carbocycles. The molecule has 1 aromatic heterocycles. The largest absolute Gasteiger partial charge is 0.446 e. The second-order valence-electron chi connectivity index (χ2n) is 7.26. The number of nitrogens with one attached hydrogen (secondary N) is 2. The minimum Gasteiger partial charge on any atom is -0.446 e. The first-order chi connectivity index (χ1) is 11.9. The molecule has 0 bridgehead atoms. The molecule has 1 aliphatic rings. The summed E-state index contributed by atoms with van der Waals surface area (Å²) in [5, 5.41) is 5.89. The van der Waals surface area contributed by atoms with Gasteiger partial charge in [-0.1, -0.05) is 19.3 Å². The van der Waals surface area contributed by atoms with Crippen LogP contribution >= 0.6 is 0 Å². The van der Waals surface area contributed by atoms with Crippen molar-refractivity contribution in [3.05, 3.63) is 17.8 Å². The highest BCUT2D eigenvalue weighted by Crippen LogP contribution is 2.18. The van der Waals surface area contributed by atoms with Crippen molar-refractivity contribution < 1.29 is 14.0 Å². The van der Waals surface area contributed by atoms with Crippen molar-refractivity contribution in [2.24, 2.45) is 0 Å². The van der Waals surface area contributed by atoms with E-state index in [1.807, 2.05) is 27.7 Å². The summed E-state index contributed by atoms with van der Waals surface area (Å²) in [7, 11) is 0. The summed E-state index contributed by atoms with van der Waals surface area (Å²) in [4.78, 5) is 30.5. The number of carbonyl (C=O) groups excluding carboxylic acids is 2. The van der Waals surface area contributed by atoms with E-state index < -0.39 is 0 Å². The molecule has 7 nitrogen and oxygen atoms in total. The highest BCUT2D eigenvalue weighted by Gasteiger charge is 2.24. The van der Waals surface area contributed by atoms with Gasteiger partial charge in [-0.25, -0.2) is 9.78 Å². The summed E-state index contributed by atoms with van der Waals surface area (Å²) in [6.07, 6.45) is 7.00. The Balaban J connectivity index is 1.97. The summed E-state index contributed by atoms with van der Waals surface area (Å²) in [5.74, 6) is 0.0918. The highest BCUT2D eigenvalue weighted by molar-refractivity contribution is 5.92. The van der Waals surface area contributed by atoms with E-state index in [1.54, 1.807) is 4.90 Å². The van der Waals surface area contributed by atoms with Crippen LogP contribution in [0, 0.1) is 0 Å². The molecule has 1 heterocycles. The topological polar surface area (TPSA) is 87.5 Å². The first kappa shape index (κ1) is 19.3. The summed E-state index contributed by atoms with van der Waals surface area (Å²) in [5.41, 5.74) is 0.236. The van der Waals surface area contributed by atoms with Crippen LogP contribution in [0.3, 0.4) is 0 Å². The van der Waals surface area contributed by atoms with Crippen molar-refractivity contribution in [1.29, 1.82) is 0 Å². The van der Waals surface area contributed by atoms with Crippen molar-refractivity contribution in [1.82, 2.24) is 20.5 Å². The predicted octanol–water partition coefficient (Wildman–Crippen LogP) is 3.07. The number of oxazole rings is 1. The average Bonchev–Trinajstić information content (AvgIpc) is 3.01. The van der Waals surface area contributed by atoms with Crippen LogP contribution in [0.25, 0.3) is 0 Å². The van der Waals surface area contributed by atoms with Crippen molar-refractivity contribution >= 4 is 11.9 Å². The Hall–Kier alpha value is -2.05. The Morgan fingerprint density at radius 2 is 1.92 bits per heavy atom. The minimum absolute atomic E-state index is 0.00318. The molecule has 140 valence electrons. The molecule has 0 aromatic carbocycles. The van der Waals surface area contributed by atoms with E-state index in [9.17, 15) is 9.59 Å². The molecule has 1 fully saturated rings. The van der Waals surface area contributed by atoms with Gasteiger partial charge in [0, 0.05) is 18.1 Å². The number of hydrogen-bond donors (Lipinski definition) is 2. The first-order valence-corrected chi connectivity index (χ1v) is 9.19. The standard InChI is InChI=1S/C18H30N4O3/c1-12(2)19-17(23)15-11-25-16(21-15)10-22(13(3)4)18(24)20-14-8-6-5-7-9-14/h11-14H,5-10H2,1-4H3,(H,19,23)(H,20,24). The lowest BCUT2D eigenvalue weighted by molar-refractivity contribution is 0.0938. The monoisotopic (exact) mass is 350 g/mol. The Morgan fingerprint density at radius 1 is 1.24 bits per heavy atom. The average molecular weight is 350 g/mol. The maximum atomic E-state index is 12.6. The smallest absolute Gasteiger partial charge is 0.318 e. The summed E-state index contributed by atoms with van der Waals surface area (Å²) in [6.45, 7) is 7.92. The van der Waals surface area contributed by atoms with Gasteiger partial charge >= 0.3 is 6.03 Å². The number of nitrogens with zero attached hydrogens (tertiary/aromatic N) is 2. The molecule has 0 spiro atoms. The number of rotatable bonds is 6. The van der Waals surface area contributed by atoms with Gasteiger partial charge in [-0.3, -0.25) is 4.79 Å². The summed E-state index contributed by atoms with van der Waals surface area (Å²) < 4.78 is 5.39. The Bertz CT molecular complexity index is 577. The molecule has 3 amide bonds. The Kier molecular flexibility index (Phi) is 6.84. The third kappa shape index (κ3) is 5.76. The SMILES string of the molecule is CC(C)NC(=O)c1coc(CN(C(=O)NC2CCCCC2)C(C)C)n1. The lowest BCUT2D eigenvalue weighted by Gasteiger charge is -2.30. The van der Waals surface area contributed by atoms with Gasteiger partial charge in [-0.05, 0) is 40.5 Å². The van der Waals surface area contributed by atoms with Gasteiger partial charge < -0.3 is 20.0 Å². The molecule has 2 N–H and O–H groups in total. The van der Waals surface area contributed by atoms with Crippen LogP contribution in [0.4, 0.5) is 4.79 Å². The van der Waals surface area contributed by atoms with Gasteiger partial charge in [0.25, 0.3) is 5.91 Å². The molecule has 7 heteroatoms. The van der Waals surface area contributed by atoms with Crippen LogP contribution in [0.2, 0.25) is 0 Å². The van der Waals surface area contributed by atoms with Crippen LogP contribution in [-0.4, -0.2) is 39.9 Å². The first-order valence-electron chi connectivity index (χ1n) is 9.19. The van der Waals surface area contributed by atoms with Crippen molar-refractivity contribution in [3.8, 4) is 0 Å². The van der Waals surface area contributed by atoms with Gasteiger partial charge in [-0.2, -0.15) is 0 Å². The van der Waals surface area contributed by atoms with Crippen LogP contribution in [-0.2, 0) is 6.54 Å².